The highest BCUT2D eigenvalue weighted by Gasteiger charge is 1.69. The summed E-state index contributed by atoms with van der Waals surface area (Å²) >= 11 is 0. The first-order valence-electron chi connectivity index (χ1n) is 6.03. The Labute approximate surface area is 107 Å². The van der Waals surface area contributed by atoms with Gasteiger partial charge in [0, 0.05) is 7.53 Å². The number of hydrogen-bond donors (Lipinski definition) is 1. The zero-order chi connectivity index (χ0) is 13.9. The summed E-state index contributed by atoms with van der Waals surface area (Å²) in [5, 5.41) is 8.06. The van der Waals surface area contributed by atoms with Crippen LogP contribution in [0.2, 0.25) is 0 Å². The van der Waals surface area contributed by atoms with E-state index in [4.69, 9.17) is 5.11 Å². The van der Waals surface area contributed by atoms with Crippen molar-refractivity contribution in [3.63, 3.8) is 0 Å². The molecule has 0 atom stereocenters. The molecule has 0 unspecified atom stereocenters. The molecule has 0 aromatic heterocycles. The maximum Gasteiger partial charge on any atom is 0.126 e. The van der Waals surface area contributed by atoms with Gasteiger partial charge in [0.05, 0.1) is 0 Å². The number of ketones is 1. The third-order valence-electron chi connectivity index (χ3n) is 0. The molecule has 0 amide bonds. The second kappa shape index (κ2) is 61.8. The molecular formula is C14H40O2. The van der Waals surface area contributed by atoms with Crippen molar-refractivity contribution in [1.29, 1.82) is 0 Å². The van der Waals surface area contributed by atoms with E-state index >= 15 is 0 Å². The van der Waals surface area contributed by atoms with Crippen molar-refractivity contribution in [2.75, 3.05) is 0 Å². The molecule has 0 fully saturated rings. The van der Waals surface area contributed by atoms with Gasteiger partial charge in [0.1, 0.15) is 5.78 Å². The monoisotopic (exact) mass is 240 g/mol. The Morgan fingerprint density at radius 1 is 1.06 bits per heavy atom. The second-order valence-corrected chi connectivity index (χ2v) is 2.71. The standard InChI is InChI=1S/C3H8O.C3H6O.C3H8.2C2H6.CH4.H2/c2*1-3(2)4;1-3-2;2*1-2;;/h3-4H,1-2H3;1-2H3;3H2,1-2H3;2*1-2H3;1H4;1H. The van der Waals surface area contributed by atoms with E-state index < -0.39 is 0 Å². The van der Waals surface area contributed by atoms with Gasteiger partial charge in [-0.1, -0.05) is 55.4 Å². The van der Waals surface area contributed by atoms with E-state index in [1.54, 1.807) is 13.8 Å². The third kappa shape index (κ3) is 15900. The van der Waals surface area contributed by atoms with E-state index in [2.05, 4.69) is 13.8 Å². The van der Waals surface area contributed by atoms with Crippen molar-refractivity contribution in [1.82, 2.24) is 0 Å². The van der Waals surface area contributed by atoms with Crippen LogP contribution < -0.4 is 0 Å². The quantitative estimate of drug-likeness (QED) is 0.621. The number of hydrogen-bond acceptors (Lipinski definition) is 2. The van der Waals surface area contributed by atoms with E-state index in [9.17, 15) is 4.79 Å². The first-order chi connectivity index (χ1) is 6.88. The summed E-state index contributed by atoms with van der Waals surface area (Å²) in [7, 11) is 0. The van der Waals surface area contributed by atoms with Crippen molar-refractivity contribution in [2.45, 2.75) is 89.2 Å². The fourth-order valence-corrected chi connectivity index (χ4v) is 0. The van der Waals surface area contributed by atoms with Crippen LogP contribution in [0, 0.1) is 0 Å². The fraction of sp³-hybridized carbons (Fsp3) is 0.929. The fourth-order valence-electron chi connectivity index (χ4n) is 0. The number of rotatable bonds is 0. The van der Waals surface area contributed by atoms with E-state index in [0.717, 1.165) is 0 Å². The molecule has 108 valence electrons. The van der Waals surface area contributed by atoms with Crippen LogP contribution in [-0.2, 0) is 4.79 Å². The zero-order valence-electron chi connectivity index (χ0n) is 12.6. The molecule has 0 aliphatic heterocycles. The Morgan fingerprint density at radius 3 is 1.06 bits per heavy atom. The molecule has 1 N–H and O–H groups in total. The lowest BCUT2D eigenvalue weighted by molar-refractivity contribution is -0.114. The molecule has 0 aliphatic carbocycles. The smallest absolute Gasteiger partial charge is 0.126 e. The molecule has 0 heterocycles. The molecule has 0 radical (unpaired) electrons. The average Bonchev–Trinajstić information content (AvgIpc) is 2.09. The summed E-state index contributed by atoms with van der Waals surface area (Å²) in [6.45, 7) is 18.8. The average molecular weight is 240 g/mol. The maximum atomic E-state index is 9.44. The van der Waals surface area contributed by atoms with E-state index in [1.165, 1.54) is 20.3 Å². The summed E-state index contributed by atoms with van der Waals surface area (Å²) in [6.07, 6.45) is 1.08. The molecule has 2 nitrogen and oxygen atoms in total. The first kappa shape index (κ1) is 36.1. The summed E-state index contributed by atoms with van der Waals surface area (Å²) in [5.74, 6) is 0.167. The Bertz CT molecular complexity index is 67.9. The van der Waals surface area contributed by atoms with Crippen LogP contribution in [0.15, 0.2) is 0 Å². The Kier molecular flexibility index (Phi) is 139. The maximum absolute atomic E-state index is 9.44. The number of Topliss-reactive ketones (excluding diaryl/α,β-unsaturated/α-hetero) is 1. The molecule has 0 aromatic carbocycles. The lowest BCUT2D eigenvalue weighted by Crippen LogP contribution is -1.85. The molecule has 0 aromatic rings. The summed E-state index contributed by atoms with van der Waals surface area (Å²) < 4.78 is 0. The van der Waals surface area contributed by atoms with Crippen molar-refractivity contribution in [3.8, 4) is 0 Å². The van der Waals surface area contributed by atoms with Crippen LogP contribution in [0.4, 0.5) is 0 Å². The Morgan fingerprint density at radius 2 is 1.06 bits per heavy atom. The minimum Gasteiger partial charge on any atom is -0.394 e. The van der Waals surface area contributed by atoms with Gasteiger partial charge in [-0.3, -0.25) is 0 Å². The van der Waals surface area contributed by atoms with Gasteiger partial charge in [0.15, 0.2) is 0 Å². The Hall–Kier alpha value is -0.370. The van der Waals surface area contributed by atoms with Crippen LogP contribution in [0.1, 0.15) is 84.5 Å². The van der Waals surface area contributed by atoms with E-state index in [1.807, 2.05) is 27.7 Å². The van der Waals surface area contributed by atoms with Gasteiger partial charge in [-0.05, 0) is 27.7 Å². The van der Waals surface area contributed by atoms with Gasteiger partial charge in [-0.2, -0.15) is 0 Å². The predicted octanol–water partition coefficient (Wildman–Crippen LogP) is 5.33. The topological polar surface area (TPSA) is 37.3 Å². The van der Waals surface area contributed by atoms with Gasteiger partial charge in [-0.15, -0.1) is 0 Å². The highest BCUT2D eigenvalue weighted by molar-refractivity contribution is 5.72. The van der Waals surface area contributed by atoms with Gasteiger partial charge in [-0.25, -0.2) is 0 Å². The lowest BCUT2D eigenvalue weighted by Gasteiger charge is -1.80. The molecule has 2 heteroatoms. The normalized spacial score (nSPS) is 5.75. The highest BCUT2D eigenvalue weighted by Crippen LogP contribution is 1.65. The molecule has 16 heavy (non-hydrogen) atoms. The number of carbonyl (C=O) groups excluding carboxylic acids is 1. The van der Waals surface area contributed by atoms with Crippen molar-refractivity contribution in [3.05, 3.63) is 0 Å². The molecule has 0 saturated carbocycles. The minimum atomic E-state index is -0.167. The number of carbonyl (C=O) groups is 1. The molecule has 0 rings (SSSR count). The number of aliphatic hydroxyl groups excluding tert-OH is 1. The van der Waals surface area contributed by atoms with Crippen LogP contribution in [0.3, 0.4) is 0 Å². The summed E-state index contributed by atoms with van der Waals surface area (Å²) in [5.41, 5.74) is 0. The van der Waals surface area contributed by atoms with Gasteiger partial charge in [0.25, 0.3) is 0 Å². The lowest BCUT2D eigenvalue weighted by atomic mass is 10.5. The SMILES string of the molecule is C.CC.CC.CC(C)=O.CC(C)O.CCC.[HH]. The zero-order valence-corrected chi connectivity index (χ0v) is 12.6. The van der Waals surface area contributed by atoms with E-state index in [0.29, 0.717) is 0 Å². The second-order valence-electron chi connectivity index (χ2n) is 2.71. The van der Waals surface area contributed by atoms with Gasteiger partial charge in [0.2, 0.25) is 0 Å². The Balaban J connectivity index is -0.0000000148. The van der Waals surface area contributed by atoms with Crippen LogP contribution in [0.25, 0.3) is 0 Å². The van der Waals surface area contributed by atoms with E-state index in [-0.39, 0.29) is 20.7 Å². The highest BCUT2D eigenvalue weighted by atomic mass is 16.3. The molecule has 0 spiro atoms. The molecule has 0 aliphatic rings. The van der Waals surface area contributed by atoms with Gasteiger partial charge >= 0.3 is 0 Å². The minimum absolute atomic E-state index is 0. The van der Waals surface area contributed by atoms with Crippen molar-refractivity contribution in [2.24, 2.45) is 0 Å². The van der Waals surface area contributed by atoms with Crippen LogP contribution in [0.5, 0.6) is 0 Å². The predicted molar refractivity (Wildman–Crippen MR) is 81.2 cm³/mol. The molecule has 0 bridgehead atoms. The van der Waals surface area contributed by atoms with Crippen LogP contribution >= 0.6 is 0 Å². The third-order valence-corrected chi connectivity index (χ3v) is 0. The molecular weight excluding hydrogens is 200 g/mol. The van der Waals surface area contributed by atoms with Crippen LogP contribution in [-0.4, -0.2) is 17.0 Å². The first-order valence-corrected chi connectivity index (χ1v) is 6.03. The van der Waals surface area contributed by atoms with Gasteiger partial charge < -0.3 is 9.90 Å². The summed E-state index contributed by atoms with van der Waals surface area (Å²) in [4.78, 5) is 9.44. The molecule has 0 saturated heterocycles. The van der Waals surface area contributed by atoms with Crippen molar-refractivity contribution < 1.29 is 11.3 Å². The largest absolute Gasteiger partial charge is 0.394 e. The van der Waals surface area contributed by atoms with Crippen molar-refractivity contribution >= 4 is 5.78 Å². The summed E-state index contributed by atoms with van der Waals surface area (Å²) in [6, 6.07) is 0. The number of aliphatic hydroxyl groups is 1.